The van der Waals surface area contributed by atoms with Crippen molar-refractivity contribution in [2.75, 3.05) is 0 Å². The van der Waals surface area contributed by atoms with Crippen LogP contribution in [0.15, 0.2) is 12.5 Å². The average Bonchev–Trinajstić information content (AvgIpc) is 1.59. The number of rotatable bonds is 3. The summed E-state index contributed by atoms with van der Waals surface area (Å²) in [5, 5.41) is 9.08. The van der Waals surface area contributed by atoms with Crippen molar-refractivity contribution in [2.24, 2.45) is 0 Å². The predicted molar refractivity (Wildman–Crippen MR) is 43.9 cm³/mol. The van der Waals surface area contributed by atoms with E-state index in [4.69, 9.17) is 5.11 Å². The summed E-state index contributed by atoms with van der Waals surface area (Å²) in [6.07, 6.45) is 0. The zero-order valence-electron chi connectivity index (χ0n) is 7.26. The fourth-order valence-electron chi connectivity index (χ4n) is 1.19. The number of hydrogen-bond acceptors (Lipinski definition) is 2. The Bertz CT molecular complexity index is 110. The first-order valence-corrected chi connectivity index (χ1v) is 3.63. The first-order chi connectivity index (χ1) is 4.46. The highest BCUT2D eigenvalue weighted by molar-refractivity contribution is 4.85. The highest BCUT2D eigenvalue weighted by atomic mass is 16.3. The topological polar surface area (TPSA) is 23.5 Å². The fourth-order valence-corrected chi connectivity index (χ4v) is 1.19. The van der Waals surface area contributed by atoms with E-state index in [2.05, 4.69) is 6.58 Å². The third kappa shape index (κ3) is 2.29. The second kappa shape index (κ2) is 3.49. The van der Waals surface area contributed by atoms with Gasteiger partial charge in [-0.25, -0.2) is 0 Å². The molecule has 1 N–H and O–H groups in total. The summed E-state index contributed by atoms with van der Waals surface area (Å²) < 4.78 is 0. The summed E-state index contributed by atoms with van der Waals surface area (Å²) in [4.78, 5) is 1.86. The molecule has 0 fully saturated rings. The zero-order valence-corrected chi connectivity index (χ0v) is 7.26. The Morgan fingerprint density at radius 2 is 1.50 bits per heavy atom. The normalized spacial score (nSPS) is 10.6. The van der Waals surface area contributed by atoms with Crippen molar-refractivity contribution in [3.8, 4) is 0 Å². The van der Waals surface area contributed by atoms with Crippen LogP contribution in [0.5, 0.6) is 0 Å². The molecule has 0 rings (SSSR count). The van der Waals surface area contributed by atoms with E-state index in [-0.39, 0.29) is 5.88 Å². The molecule has 0 heterocycles. The van der Waals surface area contributed by atoms with Crippen LogP contribution >= 0.6 is 0 Å². The SMILES string of the molecule is C=C(O)N(C(C)C)C(C)C. The third-order valence-corrected chi connectivity index (χ3v) is 1.41. The molecule has 0 spiro atoms. The van der Waals surface area contributed by atoms with E-state index in [0.717, 1.165) is 0 Å². The lowest BCUT2D eigenvalue weighted by atomic mass is 10.2. The summed E-state index contributed by atoms with van der Waals surface area (Å²) in [6.45, 7) is 11.6. The number of hydrogen-bond donors (Lipinski definition) is 1. The van der Waals surface area contributed by atoms with Crippen LogP contribution < -0.4 is 0 Å². The van der Waals surface area contributed by atoms with Gasteiger partial charge in [0.25, 0.3) is 0 Å². The van der Waals surface area contributed by atoms with E-state index >= 15 is 0 Å². The van der Waals surface area contributed by atoms with Gasteiger partial charge in [0.1, 0.15) is 0 Å². The van der Waals surface area contributed by atoms with E-state index in [0.29, 0.717) is 12.1 Å². The second-order valence-electron chi connectivity index (χ2n) is 3.01. The fraction of sp³-hybridized carbons (Fsp3) is 0.750. The average molecular weight is 143 g/mol. The first-order valence-electron chi connectivity index (χ1n) is 3.63. The molecule has 0 amide bonds. The van der Waals surface area contributed by atoms with Gasteiger partial charge in [0.2, 0.25) is 0 Å². The Morgan fingerprint density at radius 3 is 1.50 bits per heavy atom. The van der Waals surface area contributed by atoms with Gasteiger partial charge >= 0.3 is 0 Å². The van der Waals surface area contributed by atoms with Crippen molar-refractivity contribution in [2.45, 2.75) is 39.8 Å². The van der Waals surface area contributed by atoms with E-state index in [1.54, 1.807) is 0 Å². The van der Waals surface area contributed by atoms with Crippen LogP contribution in [0.25, 0.3) is 0 Å². The Kier molecular flexibility index (Phi) is 3.26. The maximum atomic E-state index is 9.08. The quantitative estimate of drug-likeness (QED) is 0.612. The lowest BCUT2D eigenvalue weighted by Gasteiger charge is -2.30. The standard InChI is InChI=1S/C8H17NO/c1-6(2)9(7(3)4)8(5)10/h6-7,10H,5H2,1-4H3. The molecule has 0 aromatic rings. The van der Waals surface area contributed by atoms with Crippen molar-refractivity contribution >= 4 is 0 Å². The number of nitrogens with zero attached hydrogens (tertiary/aromatic N) is 1. The molecule has 0 unspecified atom stereocenters. The van der Waals surface area contributed by atoms with Gasteiger partial charge in [-0.05, 0) is 34.3 Å². The van der Waals surface area contributed by atoms with Crippen molar-refractivity contribution in [1.29, 1.82) is 0 Å². The second-order valence-corrected chi connectivity index (χ2v) is 3.01. The highest BCUT2D eigenvalue weighted by Crippen LogP contribution is 2.09. The highest BCUT2D eigenvalue weighted by Gasteiger charge is 2.13. The predicted octanol–water partition coefficient (Wildman–Crippen LogP) is 2.13. The molecule has 0 aromatic heterocycles. The van der Waals surface area contributed by atoms with Crippen molar-refractivity contribution in [1.82, 2.24) is 4.90 Å². The molecular weight excluding hydrogens is 126 g/mol. The molecule has 0 bridgehead atoms. The summed E-state index contributed by atoms with van der Waals surface area (Å²) in [5.41, 5.74) is 0. The van der Waals surface area contributed by atoms with Gasteiger partial charge in [0, 0.05) is 12.1 Å². The van der Waals surface area contributed by atoms with Crippen molar-refractivity contribution in [3.63, 3.8) is 0 Å². The van der Waals surface area contributed by atoms with Gasteiger partial charge in [-0.2, -0.15) is 0 Å². The van der Waals surface area contributed by atoms with Crippen molar-refractivity contribution < 1.29 is 5.11 Å². The molecular formula is C8H17NO. The molecule has 2 nitrogen and oxygen atoms in total. The first kappa shape index (κ1) is 9.34. The largest absolute Gasteiger partial charge is 0.495 e. The molecule has 10 heavy (non-hydrogen) atoms. The maximum Gasteiger partial charge on any atom is 0.179 e. The monoisotopic (exact) mass is 143 g/mol. The minimum absolute atomic E-state index is 0.157. The molecule has 0 aliphatic rings. The minimum atomic E-state index is 0.157. The van der Waals surface area contributed by atoms with Crippen LogP contribution in [0.3, 0.4) is 0 Å². The molecule has 0 radical (unpaired) electrons. The van der Waals surface area contributed by atoms with E-state index < -0.39 is 0 Å². The van der Waals surface area contributed by atoms with E-state index in [1.165, 1.54) is 0 Å². The van der Waals surface area contributed by atoms with Crippen LogP contribution in [0, 0.1) is 0 Å². The molecule has 2 heteroatoms. The molecule has 0 atom stereocenters. The van der Waals surface area contributed by atoms with E-state index in [1.807, 2.05) is 32.6 Å². The van der Waals surface area contributed by atoms with Crippen molar-refractivity contribution in [3.05, 3.63) is 12.5 Å². The van der Waals surface area contributed by atoms with Crippen LogP contribution in [-0.2, 0) is 0 Å². The molecule has 60 valence electrons. The van der Waals surface area contributed by atoms with Gasteiger partial charge in [-0.3, -0.25) is 0 Å². The van der Waals surface area contributed by atoms with Gasteiger partial charge < -0.3 is 10.0 Å². The van der Waals surface area contributed by atoms with E-state index in [9.17, 15) is 0 Å². The Morgan fingerprint density at radius 1 is 1.20 bits per heavy atom. The number of aliphatic hydroxyl groups excluding tert-OH is 1. The molecule has 0 saturated carbocycles. The third-order valence-electron chi connectivity index (χ3n) is 1.41. The van der Waals surface area contributed by atoms with Crippen LogP contribution in [0.2, 0.25) is 0 Å². The van der Waals surface area contributed by atoms with Crippen LogP contribution in [-0.4, -0.2) is 22.1 Å². The summed E-state index contributed by atoms with van der Waals surface area (Å²) in [7, 11) is 0. The zero-order chi connectivity index (χ0) is 8.31. The molecule has 0 aromatic carbocycles. The van der Waals surface area contributed by atoms with Crippen LogP contribution in [0.4, 0.5) is 0 Å². The van der Waals surface area contributed by atoms with Gasteiger partial charge in [-0.1, -0.05) is 0 Å². The molecule has 0 saturated heterocycles. The lowest BCUT2D eigenvalue weighted by Crippen LogP contribution is -2.35. The van der Waals surface area contributed by atoms with Gasteiger partial charge in [0.15, 0.2) is 5.88 Å². The number of aliphatic hydroxyl groups is 1. The van der Waals surface area contributed by atoms with Gasteiger partial charge in [0.05, 0.1) is 0 Å². The summed E-state index contributed by atoms with van der Waals surface area (Å²) in [6, 6.07) is 0.634. The molecule has 0 aliphatic heterocycles. The Hall–Kier alpha value is -0.660. The molecule has 0 aliphatic carbocycles. The Labute approximate surface area is 63.2 Å². The maximum absolute atomic E-state index is 9.08. The lowest BCUT2D eigenvalue weighted by molar-refractivity contribution is 0.136. The Balaban J connectivity index is 4.12. The summed E-state index contributed by atoms with van der Waals surface area (Å²) in [5.74, 6) is 0.157. The minimum Gasteiger partial charge on any atom is -0.495 e. The smallest absolute Gasteiger partial charge is 0.179 e. The van der Waals surface area contributed by atoms with Crippen LogP contribution in [0.1, 0.15) is 27.7 Å². The van der Waals surface area contributed by atoms with Gasteiger partial charge in [-0.15, -0.1) is 0 Å². The summed E-state index contributed by atoms with van der Waals surface area (Å²) >= 11 is 0.